The van der Waals surface area contributed by atoms with Crippen molar-refractivity contribution in [2.75, 3.05) is 26.8 Å². The molecule has 176 valence electrons. The van der Waals surface area contributed by atoms with Gasteiger partial charge in [-0.2, -0.15) is 0 Å². The zero-order chi connectivity index (χ0) is 23.8. The van der Waals surface area contributed by atoms with Gasteiger partial charge in [0.15, 0.2) is 11.5 Å². The fraction of sp³-hybridized carbons (Fsp3) is 0.375. The van der Waals surface area contributed by atoms with Gasteiger partial charge in [0, 0.05) is 30.1 Å². The van der Waals surface area contributed by atoms with Crippen molar-refractivity contribution < 1.29 is 28.2 Å². The molecule has 3 rings (SSSR count). The van der Waals surface area contributed by atoms with E-state index in [4.69, 9.17) is 9.47 Å². The summed E-state index contributed by atoms with van der Waals surface area (Å²) in [5, 5.41) is 0. The largest absolute Gasteiger partial charge is 0.493 e. The van der Waals surface area contributed by atoms with Crippen molar-refractivity contribution in [2.45, 2.75) is 26.2 Å². The summed E-state index contributed by atoms with van der Waals surface area (Å²) in [7, 11) is 1.49. The second kappa shape index (κ2) is 11.3. The van der Waals surface area contributed by atoms with Crippen LogP contribution < -0.4 is 20.3 Å². The Balaban J connectivity index is 1.48. The molecule has 2 aromatic carbocycles. The maximum atomic E-state index is 13.1. The van der Waals surface area contributed by atoms with Crippen LogP contribution in [0.25, 0.3) is 0 Å². The van der Waals surface area contributed by atoms with E-state index in [0.29, 0.717) is 55.2 Å². The van der Waals surface area contributed by atoms with Gasteiger partial charge >= 0.3 is 0 Å². The lowest BCUT2D eigenvalue weighted by atomic mass is 9.95. The third-order valence-corrected chi connectivity index (χ3v) is 5.43. The number of carbonyl (C=O) groups excluding carboxylic acids is 3. The lowest BCUT2D eigenvalue weighted by molar-refractivity contribution is -0.127. The van der Waals surface area contributed by atoms with Crippen molar-refractivity contribution in [3.63, 3.8) is 0 Å². The first-order valence-electron chi connectivity index (χ1n) is 10.9. The molecule has 1 fully saturated rings. The number of amides is 3. The zero-order valence-electron chi connectivity index (χ0n) is 18.7. The molecule has 2 N–H and O–H groups in total. The molecule has 1 aliphatic heterocycles. The van der Waals surface area contributed by atoms with Crippen LogP contribution in [0.15, 0.2) is 42.5 Å². The molecular formula is C24H28FN3O5. The van der Waals surface area contributed by atoms with Gasteiger partial charge in [-0.1, -0.05) is 6.92 Å². The second-order valence-electron chi connectivity index (χ2n) is 7.73. The van der Waals surface area contributed by atoms with Crippen LogP contribution in [-0.2, 0) is 4.79 Å². The summed E-state index contributed by atoms with van der Waals surface area (Å²) in [5.74, 6) is -0.741. The van der Waals surface area contributed by atoms with Crippen molar-refractivity contribution in [1.29, 1.82) is 0 Å². The van der Waals surface area contributed by atoms with Gasteiger partial charge in [0.1, 0.15) is 5.82 Å². The van der Waals surface area contributed by atoms with E-state index in [1.165, 1.54) is 31.4 Å². The third kappa shape index (κ3) is 6.21. The highest BCUT2D eigenvalue weighted by molar-refractivity contribution is 5.96. The third-order valence-electron chi connectivity index (χ3n) is 5.43. The normalized spacial score (nSPS) is 13.8. The van der Waals surface area contributed by atoms with Crippen LogP contribution in [0, 0.1) is 11.7 Å². The van der Waals surface area contributed by atoms with Crippen molar-refractivity contribution in [3.8, 4) is 11.5 Å². The van der Waals surface area contributed by atoms with E-state index in [1.54, 1.807) is 23.1 Å². The molecule has 2 aromatic rings. The van der Waals surface area contributed by atoms with Gasteiger partial charge in [-0.15, -0.1) is 0 Å². The number of hydrazine groups is 1. The molecule has 0 spiro atoms. The molecule has 0 radical (unpaired) electrons. The molecule has 0 atom stereocenters. The predicted molar refractivity (Wildman–Crippen MR) is 119 cm³/mol. The molecule has 0 bridgehead atoms. The Morgan fingerprint density at radius 1 is 1.00 bits per heavy atom. The Kier molecular flexibility index (Phi) is 8.23. The number of methoxy groups -OCH3 is 1. The maximum Gasteiger partial charge on any atom is 0.269 e. The number of piperidine rings is 1. The van der Waals surface area contributed by atoms with E-state index >= 15 is 0 Å². The van der Waals surface area contributed by atoms with Crippen molar-refractivity contribution in [3.05, 3.63) is 59.4 Å². The van der Waals surface area contributed by atoms with E-state index in [1.807, 2.05) is 6.92 Å². The summed E-state index contributed by atoms with van der Waals surface area (Å²) < 4.78 is 23.9. The summed E-state index contributed by atoms with van der Waals surface area (Å²) in [5.41, 5.74) is 5.61. The van der Waals surface area contributed by atoms with Crippen LogP contribution in [-0.4, -0.2) is 49.4 Å². The molecule has 9 heteroatoms. The minimum absolute atomic E-state index is 0.192. The predicted octanol–water partition coefficient (Wildman–Crippen LogP) is 2.94. The fourth-order valence-corrected chi connectivity index (χ4v) is 3.55. The summed E-state index contributed by atoms with van der Waals surface area (Å²) in [6.07, 6.45) is 1.77. The molecule has 8 nitrogen and oxygen atoms in total. The highest BCUT2D eigenvalue weighted by Gasteiger charge is 2.28. The lowest BCUT2D eigenvalue weighted by Crippen LogP contribution is -2.48. The number of ether oxygens (including phenoxy) is 2. The Labute approximate surface area is 192 Å². The zero-order valence-corrected chi connectivity index (χ0v) is 18.7. The van der Waals surface area contributed by atoms with Crippen molar-refractivity contribution in [1.82, 2.24) is 15.8 Å². The van der Waals surface area contributed by atoms with Gasteiger partial charge in [0.05, 0.1) is 13.7 Å². The monoisotopic (exact) mass is 457 g/mol. The number of rotatable bonds is 7. The molecule has 0 saturated carbocycles. The van der Waals surface area contributed by atoms with Gasteiger partial charge in [0.2, 0.25) is 5.91 Å². The first-order chi connectivity index (χ1) is 15.9. The summed E-state index contributed by atoms with van der Waals surface area (Å²) >= 11 is 0. The van der Waals surface area contributed by atoms with Gasteiger partial charge in [-0.3, -0.25) is 25.2 Å². The van der Waals surface area contributed by atoms with E-state index in [2.05, 4.69) is 10.9 Å². The van der Waals surface area contributed by atoms with Crippen molar-refractivity contribution >= 4 is 17.7 Å². The van der Waals surface area contributed by atoms with Crippen LogP contribution in [0.3, 0.4) is 0 Å². The number of hydrogen-bond donors (Lipinski definition) is 2. The summed E-state index contributed by atoms with van der Waals surface area (Å²) in [4.78, 5) is 39.1. The lowest BCUT2D eigenvalue weighted by Gasteiger charge is -2.31. The summed E-state index contributed by atoms with van der Waals surface area (Å²) in [6, 6.07) is 10.2. The highest BCUT2D eigenvalue weighted by Crippen LogP contribution is 2.28. The first kappa shape index (κ1) is 24.0. The van der Waals surface area contributed by atoms with Gasteiger partial charge in [-0.05, 0) is 61.7 Å². The molecule has 1 saturated heterocycles. The molecule has 0 unspecified atom stereocenters. The second-order valence-corrected chi connectivity index (χ2v) is 7.73. The van der Waals surface area contributed by atoms with E-state index in [-0.39, 0.29) is 17.7 Å². The quantitative estimate of drug-likeness (QED) is 0.623. The van der Waals surface area contributed by atoms with Gasteiger partial charge in [-0.25, -0.2) is 4.39 Å². The molecule has 1 aliphatic rings. The van der Waals surface area contributed by atoms with Crippen LogP contribution in [0.1, 0.15) is 46.9 Å². The molecule has 3 amide bonds. The molecule has 33 heavy (non-hydrogen) atoms. The van der Waals surface area contributed by atoms with E-state index < -0.39 is 11.7 Å². The number of halogens is 1. The standard InChI is InChI=1S/C24H28FN3O5/c1-3-14-33-20-9-6-18(15-21(20)32-2)23(30)27-26-22(29)16-10-12-28(13-11-16)24(31)17-4-7-19(25)8-5-17/h4-9,15-16H,3,10-14H2,1-2H3,(H,26,29)(H,27,30). The Morgan fingerprint density at radius 2 is 1.67 bits per heavy atom. The smallest absolute Gasteiger partial charge is 0.269 e. The topological polar surface area (TPSA) is 97.0 Å². The van der Waals surface area contributed by atoms with Gasteiger partial charge < -0.3 is 14.4 Å². The van der Waals surface area contributed by atoms with Crippen LogP contribution in [0.4, 0.5) is 4.39 Å². The Hall–Kier alpha value is -3.62. The SMILES string of the molecule is CCCOc1ccc(C(=O)NNC(=O)C2CCN(C(=O)c3ccc(F)cc3)CC2)cc1OC. The van der Waals surface area contributed by atoms with Crippen LogP contribution in [0.2, 0.25) is 0 Å². The molecule has 0 aliphatic carbocycles. The average Bonchev–Trinajstić information content (AvgIpc) is 2.85. The van der Waals surface area contributed by atoms with E-state index in [0.717, 1.165) is 6.42 Å². The van der Waals surface area contributed by atoms with E-state index in [9.17, 15) is 18.8 Å². The first-order valence-corrected chi connectivity index (χ1v) is 10.9. The Morgan fingerprint density at radius 3 is 2.30 bits per heavy atom. The van der Waals surface area contributed by atoms with Crippen LogP contribution >= 0.6 is 0 Å². The molecular weight excluding hydrogens is 429 g/mol. The number of benzene rings is 2. The van der Waals surface area contributed by atoms with Gasteiger partial charge in [0.25, 0.3) is 11.8 Å². The van der Waals surface area contributed by atoms with Crippen molar-refractivity contribution in [2.24, 2.45) is 5.92 Å². The minimum Gasteiger partial charge on any atom is -0.493 e. The number of nitrogens with zero attached hydrogens (tertiary/aromatic N) is 1. The number of nitrogens with one attached hydrogen (secondary N) is 2. The van der Waals surface area contributed by atoms with Crippen LogP contribution in [0.5, 0.6) is 11.5 Å². The molecule has 0 aromatic heterocycles. The Bertz CT molecular complexity index is 988. The highest BCUT2D eigenvalue weighted by atomic mass is 19.1. The average molecular weight is 458 g/mol. The molecule has 1 heterocycles. The fourth-order valence-electron chi connectivity index (χ4n) is 3.55. The minimum atomic E-state index is -0.479. The summed E-state index contributed by atoms with van der Waals surface area (Å²) in [6.45, 7) is 3.33. The number of likely N-dealkylation sites (tertiary alicyclic amines) is 1. The number of hydrogen-bond acceptors (Lipinski definition) is 5. The maximum absolute atomic E-state index is 13.1. The number of carbonyl (C=O) groups is 3.